The molecule has 0 saturated carbocycles. The number of aliphatic hydroxyl groups is 1. The van der Waals surface area contributed by atoms with E-state index in [9.17, 15) is 9.90 Å². The van der Waals surface area contributed by atoms with Crippen molar-refractivity contribution in [3.8, 4) is 0 Å². The molecule has 1 aromatic carbocycles. The van der Waals surface area contributed by atoms with Gasteiger partial charge in [0.1, 0.15) is 0 Å². The van der Waals surface area contributed by atoms with Crippen LogP contribution >= 0.6 is 0 Å². The fourth-order valence-electron chi connectivity index (χ4n) is 1.34. The molecule has 0 aliphatic carbocycles. The van der Waals surface area contributed by atoms with Crippen LogP contribution in [-0.2, 0) is 0 Å². The van der Waals surface area contributed by atoms with Gasteiger partial charge in [-0.2, -0.15) is 0 Å². The Labute approximate surface area is 83.6 Å². The summed E-state index contributed by atoms with van der Waals surface area (Å²) < 4.78 is 0. The second kappa shape index (κ2) is 4.24. The van der Waals surface area contributed by atoms with Crippen molar-refractivity contribution < 1.29 is 9.90 Å². The van der Waals surface area contributed by atoms with E-state index in [0.29, 0.717) is 11.1 Å². The molecule has 1 aromatic rings. The fraction of sp³-hybridized carbons (Fsp3) is 0.364. The first kappa shape index (κ1) is 10.7. The molecule has 0 radical (unpaired) electrons. The van der Waals surface area contributed by atoms with Gasteiger partial charge in [0.25, 0.3) is 0 Å². The Morgan fingerprint density at radius 2 is 1.93 bits per heavy atom. The van der Waals surface area contributed by atoms with Gasteiger partial charge in [0.15, 0.2) is 0 Å². The van der Waals surface area contributed by atoms with Crippen LogP contribution in [0.15, 0.2) is 24.3 Å². The maximum atomic E-state index is 11.1. The van der Waals surface area contributed by atoms with Crippen molar-refractivity contribution in [3.05, 3.63) is 35.4 Å². The van der Waals surface area contributed by atoms with Crippen molar-refractivity contribution in [2.45, 2.75) is 20.0 Å². The van der Waals surface area contributed by atoms with E-state index in [-0.39, 0.29) is 5.92 Å². The number of hydrogen-bond donors (Lipinski definition) is 2. The van der Waals surface area contributed by atoms with Crippen molar-refractivity contribution in [1.82, 2.24) is 0 Å². The summed E-state index contributed by atoms with van der Waals surface area (Å²) in [7, 11) is 0. The third-order valence-electron chi connectivity index (χ3n) is 2.18. The number of amides is 1. The van der Waals surface area contributed by atoms with E-state index in [0.717, 1.165) is 0 Å². The van der Waals surface area contributed by atoms with E-state index >= 15 is 0 Å². The van der Waals surface area contributed by atoms with Gasteiger partial charge in [0, 0.05) is 5.56 Å². The molecule has 3 N–H and O–H groups in total. The Balaban J connectivity index is 3.13. The molecule has 0 bridgehead atoms. The summed E-state index contributed by atoms with van der Waals surface area (Å²) in [6, 6.07) is 6.87. The second-order valence-corrected chi connectivity index (χ2v) is 3.64. The molecule has 0 fully saturated rings. The van der Waals surface area contributed by atoms with Crippen molar-refractivity contribution >= 4 is 5.91 Å². The zero-order chi connectivity index (χ0) is 10.7. The normalized spacial score (nSPS) is 12.9. The summed E-state index contributed by atoms with van der Waals surface area (Å²) in [5, 5.41) is 9.82. The van der Waals surface area contributed by atoms with Crippen LogP contribution in [-0.4, -0.2) is 11.0 Å². The predicted molar refractivity (Wildman–Crippen MR) is 54.8 cm³/mol. The number of carbonyl (C=O) groups is 1. The van der Waals surface area contributed by atoms with Crippen LogP contribution < -0.4 is 5.73 Å². The van der Waals surface area contributed by atoms with Gasteiger partial charge in [0.2, 0.25) is 5.91 Å². The molecule has 3 nitrogen and oxygen atoms in total. The van der Waals surface area contributed by atoms with Gasteiger partial charge in [-0.05, 0) is 17.5 Å². The zero-order valence-electron chi connectivity index (χ0n) is 8.40. The Morgan fingerprint density at radius 3 is 2.43 bits per heavy atom. The quantitative estimate of drug-likeness (QED) is 0.763. The highest BCUT2D eigenvalue weighted by Crippen LogP contribution is 2.24. The summed E-state index contributed by atoms with van der Waals surface area (Å²) in [5.74, 6) is -0.434. The van der Waals surface area contributed by atoms with Crippen LogP contribution in [0.1, 0.15) is 35.9 Å². The molecule has 3 heteroatoms. The molecule has 0 aromatic heterocycles. The van der Waals surface area contributed by atoms with E-state index in [1.165, 1.54) is 0 Å². The molecule has 14 heavy (non-hydrogen) atoms. The fourth-order valence-corrected chi connectivity index (χ4v) is 1.34. The van der Waals surface area contributed by atoms with Gasteiger partial charge in [-0.1, -0.05) is 32.0 Å². The van der Waals surface area contributed by atoms with Crippen LogP contribution in [0.2, 0.25) is 0 Å². The van der Waals surface area contributed by atoms with Crippen molar-refractivity contribution in [2.75, 3.05) is 0 Å². The maximum Gasteiger partial charge on any atom is 0.249 e. The minimum absolute atomic E-state index is 0.0653. The van der Waals surface area contributed by atoms with Crippen molar-refractivity contribution in [3.63, 3.8) is 0 Å². The van der Waals surface area contributed by atoms with Gasteiger partial charge in [-0.25, -0.2) is 0 Å². The molecule has 1 atom stereocenters. The third-order valence-corrected chi connectivity index (χ3v) is 2.18. The topological polar surface area (TPSA) is 63.3 Å². The van der Waals surface area contributed by atoms with Crippen LogP contribution in [0.5, 0.6) is 0 Å². The summed E-state index contributed by atoms with van der Waals surface area (Å²) >= 11 is 0. The smallest absolute Gasteiger partial charge is 0.249 e. The van der Waals surface area contributed by atoms with Gasteiger partial charge < -0.3 is 10.8 Å². The molecule has 0 aliphatic heterocycles. The van der Waals surface area contributed by atoms with Crippen LogP contribution in [0, 0.1) is 5.92 Å². The molecule has 0 aliphatic rings. The third kappa shape index (κ3) is 2.12. The minimum Gasteiger partial charge on any atom is -0.388 e. The number of nitrogens with two attached hydrogens (primary N) is 1. The first-order valence-corrected chi connectivity index (χ1v) is 4.61. The van der Waals surface area contributed by atoms with E-state index in [2.05, 4.69) is 0 Å². The average Bonchev–Trinajstić information content (AvgIpc) is 2.16. The number of hydrogen-bond acceptors (Lipinski definition) is 2. The highest BCUT2D eigenvalue weighted by atomic mass is 16.3. The minimum atomic E-state index is -0.640. The lowest BCUT2D eigenvalue weighted by Gasteiger charge is -2.16. The highest BCUT2D eigenvalue weighted by Gasteiger charge is 2.17. The molecule has 0 heterocycles. The summed E-state index contributed by atoms with van der Waals surface area (Å²) in [5.41, 5.74) is 6.21. The molecule has 1 rings (SSSR count). The molecular weight excluding hydrogens is 178 g/mol. The van der Waals surface area contributed by atoms with Crippen LogP contribution in [0.4, 0.5) is 0 Å². The number of aliphatic hydroxyl groups excluding tert-OH is 1. The van der Waals surface area contributed by atoms with E-state index in [4.69, 9.17) is 5.73 Å². The van der Waals surface area contributed by atoms with Gasteiger partial charge in [-0.15, -0.1) is 0 Å². The number of benzene rings is 1. The SMILES string of the molecule is CC(C)C(O)c1ccccc1C(N)=O. The number of carbonyl (C=O) groups excluding carboxylic acids is 1. The highest BCUT2D eigenvalue weighted by molar-refractivity contribution is 5.94. The molecule has 0 spiro atoms. The predicted octanol–water partition coefficient (Wildman–Crippen LogP) is 1.47. The Bertz CT molecular complexity index is 334. The zero-order valence-corrected chi connectivity index (χ0v) is 8.40. The lowest BCUT2D eigenvalue weighted by Crippen LogP contribution is -2.17. The first-order valence-electron chi connectivity index (χ1n) is 4.61. The van der Waals surface area contributed by atoms with Gasteiger partial charge in [-0.3, -0.25) is 4.79 Å². The Kier molecular flexibility index (Phi) is 3.25. The average molecular weight is 193 g/mol. The summed E-state index contributed by atoms with van der Waals surface area (Å²) in [6.45, 7) is 3.78. The standard InChI is InChI=1S/C11H15NO2/c1-7(2)10(13)8-5-3-4-6-9(8)11(12)14/h3-7,10,13H,1-2H3,(H2,12,14). The number of rotatable bonds is 3. The monoisotopic (exact) mass is 193 g/mol. The first-order chi connectivity index (χ1) is 6.54. The van der Waals surface area contributed by atoms with Crippen molar-refractivity contribution in [1.29, 1.82) is 0 Å². The Hall–Kier alpha value is -1.35. The molecule has 76 valence electrons. The largest absolute Gasteiger partial charge is 0.388 e. The van der Waals surface area contributed by atoms with Crippen molar-refractivity contribution in [2.24, 2.45) is 11.7 Å². The summed E-state index contributed by atoms with van der Waals surface area (Å²) in [4.78, 5) is 11.1. The van der Waals surface area contributed by atoms with Gasteiger partial charge >= 0.3 is 0 Å². The molecule has 0 saturated heterocycles. The molecule has 1 unspecified atom stereocenters. The van der Waals surface area contributed by atoms with Crippen LogP contribution in [0.25, 0.3) is 0 Å². The Morgan fingerprint density at radius 1 is 1.36 bits per heavy atom. The maximum absolute atomic E-state index is 11.1. The lowest BCUT2D eigenvalue weighted by molar-refractivity contribution is 0.0979. The summed E-state index contributed by atoms with van der Waals surface area (Å²) in [6.07, 6.45) is -0.640. The number of primary amides is 1. The van der Waals surface area contributed by atoms with Gasteiger partial charge in [0.05, 0.1) is 6.10 Å². The molecular formula is C11H15NO2. The van der Waals surface area contributed by atoms with Crippen LogP contribution in [0.3, 0.4) is 0 Å². The second-order valence-electron chi connectivity index (χ2n) is 3.64. The van der Waals surface area contributed by atoms with E-state index < -0.39 is 12.0 Å². The lowest BCUT2D eigenvalue weighted by atomic mass is 9.94. The molecule has 1 amide bonds. The van der Waals surface area contributed by atoms with E-state index in [1.54, 1.807) is 24.3 Å². The van der Waals surface area contributed by atoms with E-state index in [1.807, 2.05) is 13.8 Å².